The summed E-state index contributed by atoms with van der Waals surface area (Å²) in [6.45, 7) is 5.67. The van der Waals surface area contributed by atoms with Crippen molar-refractivity contribution in [1.82, 2.24) is 25.6 Å². The molecule has 11 nitrogen and oxygen atoms in total. The molecule has 2 fully saturated rings. The Hall–Kier alpha value is -3.80. The molecule has 176 valence electrons. The summed E-state index contributed by atoms with van der Waals surface area (Å²) in [6, 6.07) is -0.0452. The predicted molar refractivity (Wildman–Crippen MR) is 115 cm³/mol. The predicted octanol–water partition coefficient (Wildman–Crippen LogP) is 1.35. The summed E-state index contributed by atoms with van der Waals surface area (Å²) in [6.07, 6.45) is 2.34. The maximum absolute atomic E-state index is 16.0. The molecule has 4 amide bonds. The summed E-state index contributed by atoms with van der Waals surface area (Å²) in [5.41, 5.74) is -0.193. The van der Waals surface area contributed by atoms with Gasteiger partial charge in [-0.25, -0.2) is 13.9 Å². The zero-order valence-corrected chi connectivity index (χ0v) is 18.6. The number of rotatable bonds is 1. The lowest BCUT2D eigenvalue weighted by Crippen LogP contribution is -2.75. The van der Waals surface area contributed by atoms with Crippen molar-refractivity contribution >= 4 is 34.5 Å². The van der Waals surface area contributed by atoms with Crippen LogP contribution in [0.25, 0.3) is 16.8 Å². The lowest BCUT2D eigenvalue weighted by Gasteiger charge is -2.55. The van der Waals surface area contributed by atoms with Gasteiger partial charge in [0.25, 0.3) is 0 Å². The van der Waals surface area contributed by atoms with E-state index in [0.717, 1.165) is 5.56 Å². The van der Waals surface area contributed by atoms with Crippen molar-refractivity contribution in [2.24, 2.45) is 5.41 Å². The first kappa shape index (κ1) is 20.8. The van der Waals surface area contributed by atoms with E-state index in [1.165, 1.54) is 4.68 Å². The highest BCUT2D eigenvalue weighted by Gasteiger charge is 2.63. The lowest BCUT2D eigenvalue weighted by molar-refractivity contribution is -0.153. The molecule has 34 heavy (non-hydrogen) atoms. The summed E-state index contributed by atoms with van der Waals surface area (Å²) in [7, 11) is 0. The second kappa shape index (κ2) is 6.86. The van der Waals surface area contributed by atoms with Crippen molar-refractivity contribution in [2.75, 3.05) is 11.4 Å². The Labute approximate surface area is 192 Å². The number of amides is 4. The van der Waals surface area contributed by atoms with Crippen LogP contribution in [-0.4, -0.2) is 57.6 Å². The van der Waals surface area contributed by atoms with Crippen LogP contribution < -0.4 is 15.5 Å². The molecule has 3 aromatic rings. The van der Waals surface area contributed by atoms with E-state index >= 15 is 4.39 Å². The number of anilines is 1. The van der Waals surface area contributed by atoms with Crippen LogP contribution in [0, 0.1) is 18.2 Å². The molecule has 3 aliphatic rings. The number of nitrogens with zero attached hydrogens (tertiary/aromatic N) is 4. The quantitative estimate of drug-likeness (QED) is 0.512. The van der Waals surface area contributed by atoms with Crippen molar-refractivity contribution < 1.29 is 28.0 Å². The molecule has 2 aromatic heterocycles. The van der Waals surface area contributed by atoms with Crippen molar-refractivity contribution in [3.63, 3.8) is 0 Å². The number of aryl methyl sites for hydroxylation is 1. The molecule has 0 saturated carbocycles. The van der Waals surface area contributed by atoms with E-state index in [-0.39, 0.29) is 36.2 Å². The molecule has 3 aliphatic heterocycles. The lowest BCUT2D eigenvalue weighted by atomic mass is 9.66. The average Bonchev–Trinajstić information content (AvgIpc) is 3.37. The highest BCUT2D eigenvalue weighted by atomic mass is 19.1. The van der Waals surface area contributed by atoms with Gasteiger partial charge in [0.15, 0.2) is 11.2 Å². The van der Waals surface area contributed by atoms with Gasteiger partial charge in [-0.15, -0.1) is 0 Å². The molecule has 3 atom stereocenters. The van der Waals surface area contributed by atoms with Gasteiger partial charge in [-0.1, -0.05) is 5.16 Å². The summed E-state index contributed by atoms with van der Waals surface area (Å²) in [4.78, 5) is 40.1. The van der Waals surface area contributed by atoms with Gasteiger partial charge in [0.2, 0.25) is 23.2 Å². The molecule has 1 aromatic carbocycles. The van der Waals surface area contributed by atoms with Crippen LogP contribution in [0.15, 0.2) is 23.0 Å². The van der Waals surface area contributed by atoms with E-state index in [2.05, 4.69) is 20.9 Å². The number of carbonyl (C=O) groups is 3. The Kier molecular flexibility index (Phi) is 4.19. The van der Waals surface area contributed by atoms with Crippen LogP contribution >= 0.6 is 0 Å². The van der Waals surface area contributed by atoms with Gasteiger partial charge in [-0.2, -0.15) is 5.10 Å². The number of benzene rings is 1. The fourth-order valence-electron chi connectivity index (χ4n) is 5.63. The van der Waals surface area contributed by atoms with Gasteiger partial charge in [0.05, 0.1) is 35.5 Å². The number of ether oxygens (including phenoxy) is 1. The topological polar surface area (TPSA) is 132 Å². The van der Waals surface area contributed by atoms with E-state index in [0.29, 0.717) is 10.9 Å². The molecule has 0 radical (unpaired) electrons. The maximum atomic E-state index is 16.0. The van der Waals surface area contributed by atoms with Crippen LogP contribution in [0.5, 0.6) is 0 Å². The summed E-state index contributed by atoms with van der Waals surface area (Å²) in [5.74, 6) is -1.82. The van der Waals surface area contributed by atoms with Crippen molar-refractivity contribution in [3.8, 4) is 5.82 Å². The van der Waals surface area contributed by atoms with Crippen LogP contribution in [0.3, 0.4) is 0 Å². The molecule has 0 unspecified atom stereocenters. The SMILES string of the molecule is Cc1cnn(-c2noc3c(F)c4c(cc23)CC2(C(=O)NC(=O)NC2=O)[C@H]2[C@H](C)O[C@H](C)CN42)c1. The standard InChI is InChI=1S/C22H21FN6O5/c1-9-6-24-29(7-9)18-13-4-12-5-22(19(30)25-21(32)26-20(22)31)17-11(3)33-10(2)8-28(17)15(12)14(23)16(13)34-27-18/h4,6-7,10-11,17H,5,8H2,1-3H3,(H2,25,26,30,31,32)/t10-,11+,17-/m1/s1. The largest absolute Gasteiger partial charge is 0.372 e. The molecule has 6 rings (SSSR count). The van der Waals surface area contributed by atoms with Crippen molar-refractivity contribution in [3.05, 3.63) is 35.4 Å². The Morgan fingerprint density at radius 3 is 2.62 bits per heavy atom. The first-order chi connectivity index (χ1) is 16.2. The minimum atomic E-state index is -1.69. The third kappa shape index (κ3) is 2.62. The minimum absolute atomic E-state index is 0.0453. The highest BCUT2D eigenvalue weighted by Crippen LogP contribution is 2.49. The minimum Gasteiger partial charge on any atom is -0.372 e. The van der Waals surface area contributed by atoms with Gasteiger partial charge in [-0.05, 0) is 38.0 Å². The normalized spacial score (nSPS) is 25.8. The number of morpholine rings is 1. The molecular formula is C22H21FN6O5. The third-order valence-electron chi connectivity index (χ3n) is 6.87. The maximum Gasteiger partial charge on any atom is 0.328 e. The third-order valence-corrected chi connectivity index (χ3v) is 6.87. The number of imide groups is 2. The number of halogens is 1. The number of carbonyl (C=O) groups excluding carboxylic acids is 3. The summed E-state index contributed by atoms with van der Waals surface area (Å²) in [5, 5.41) is 13.1. The molecular weight excluding hydrogens is 447 g/mol. The number of urea groups is 1. The Morgan fingerprint density at radius 1 is 1.21 bits per heavy atom. The van der Waals surface area contributed by atoms with E-state index in [9.17, 15) is 14.4 Å². The second-order valence-electron chi connectivity index (χ2n) is 9.18. The van der Waals surface area contributed by atoms with Crippen LogP contribution in [0.1, 0.15) is 25.0 Å². The number of hydrogen-bond acceptors (Lipinski definition) is 8. The average molecular weight is 468 g/mol. The van der Waals surface area contributed by atoms with E-state index in [4.69, 9.17) is 9.26 Å². The van der Waals surface area contributed by atoms with E-state index < -0.39 is 41.2 Å². The van der Waals surface area contributed by atoms with E-state index in [1.807, 2.05) is 13.8 Å². The van der Waals surface area contributed by atoms with Gasteiger partial charge in [0, 0.05) is 19.2 Å². The molecule has 0 aliphatic carbocycles. The summed E-state index contributed by atoms with van der Waals surface area (Å²) < 4.78 is 28.8. The number of barbiturate groups is 1. The Morgan fingerprint density at radius 2 is 1.94 bits per heavy atom. The highest BCUT2D eigenvalue weighted by molar-refractivity contribution is 6.20. The zero-order valence-electron chi connectivity index (χ0n) is 18.6. The second-order valence-corrected chi connectivity index (χ2v) is 9.18. The van der Waals surface area contributed by atoms with Crippen LogP contribution in [0.4, 0.5) is 14.9 Å². The van der Waals surface area contributed by atoms with E-state index in [1.54, 1.807) is 30.3 Å². The Bertz CT molecular complexity index is 1380. The number of nitrogens with one attached hydrogen (secondary N) is 2. The van der Waals surface area contributed by atoms with Gasteiger partial charge in [0.1, 0.15) is 0 Å². The first-order valence-electron chi connectivity index (χ1n) is 10.9. The molecule has 0 bridgehead atoms. The van der Waals surface area contributed by atoms with Gasteiger partial charge < -0.3 is 14.2 Å². The smallest absolute Gasteiger partial charge is 0.328 e. The fraction of sp³-hybridized carbons (Fsp3) is 0.409. The summed E-state index contributed by atoms with van der Waals surface area (Å²) >= 11 is 0. The Balaban J connectivity index is 1.60. The van der Waals surface area contributed by atoms with Crippen LogP contribution in [-0.2, 0) is 20.7 Å². The fourth-order valence-corrected chi connectivity index (χ4v) is 5.63. The zero-order chi connectivity index (χ0) is 23.9. The number of fused-ring (bicyclic) bond motifs is 5. The van der Waals surface area contributed by atoms with Crippen LogP contribution in [0.2, 0.25) is 0 Å². The van der Waals surface area contributed by atoms with Crippen molar-refractivity contribution in [2.45, 2.75) is 45.4 Å². The molecule has 12 heteroatoms. The number of aromatic nitrogens is 3. The van der Waals surface area contributed by atoms with Gasteiger partial charge >= 0.3 is 6.03 Å². The molecule has 2 N–H and O–H groups in total. The van der Waals surface area contributed by atoms with Gasteiger partial charge in [-0.3, -0.25) is 20.2 Å². The molecule has 2 saturated heterocycles. The molecule has 1 spiro atoms. The molecule has 5 heterocycles. The monoisotopic (exact) mass is 468 g/mol. The first-order valence-corrected chi connectivity index (χ1v) is 10.9. The number of hydrogen-bond donors (Lipinski definition) is 2. The van der Waals surface area contributed by atoms with Crippen molar-refractivity contribution in [1.29, 1.82) is 0 Å².